The number of amides is 1. The maximum Gasteiger partial charge on any atom is 0.253 e. The summed E-state index contributed by atoms with van der Waals surface area (Å²) in [6.07, 6.45) is 0. The van der Waals surface area contributed by atoms with Gasteiger partial charge in [-0.25, -0.2) is 0 Å². The van der Waals surface area contributed by atoms with Crippen molar-refractivity contribution in [3.8, 4) is 0 Å². The van der Waals surface area contributed by atoms with E-state index in [1.807, 2.05) is 19.1 Å². The summed E-state index contributed by atoms with van der Waals surface area (Å²) in [7, 11) is 0. The molecule has 1 heterocycles. The van der Waals surface area contributed by atoms with Crippen molar-refractivity contribution in [1.29, 1.82) is 0 Å². The third-order valence-electron chi connectivity index (χ3n) is 2.39. The first kappa shape index (κ1) is 13.2. The Morgan fingerprint density at radius 1 is 1.39 bits per heavy atom. The molecule has 1 N–H and O–H groups in total. The third-order valence-corrected chi connectivity index (χ3v) is 3.22. The van der Waals surface area contributed by atoms with Crippen molar-refractivity contribution < 1.29 is 9.21 Å². The van der Waals surface area contributed by atoms with Crippen LogP contribution in [0.25, 0.3) is 0 Å². The SMILES string of the molecule is Cc1ccc(CNC(=O)c2cc(Br)ccc2Cl)o1. The molecular formula is C13H11BrClNO2. The van der Waals surface area contributed by atoms with Crippen molar-refractivity contribution in [2.75, 3.05) is 0 Å². The summed E-state index contributed by atoms with van der Waals surface area (Å²) in [5.74, 6) is 1.31. The van der Waals surface area contributed by atoms with Gasteiger partial charge < -0.3 is 9.73 Å². The number of hydrogen-bond donors (Lipinski definition) is 1. The van der Waals surface area contributed by atoms with Crippen molar-refractivity contribution in [3.63, 3.8) is 0 Å². The van der Waals surface area contributed by atoms with E-state index in [0.29, 0.717) is 22.9 Å². The number of carbonyl (C=O) groups is 1. The molecule has 0 aliphatic carbocycles. The van der Waals surface area contributed by atoms with E-state index in [1.165, 1.54) is 0 Å². The highest BCUT2D eigenvalue weighted by molar-refractivity contribution is 9.10. The molecular weight excluding hydrogens is 318 g/mol. The molecule has 0 radical (unpaired) electrons. The highest BCUT2D eigenvalue weighted by Crippen LogP contribution is 2.21. The minimum atomic E-state index is -0.227. The molecule has 0 aliphatic heterocycles. The van der Waals surface area contributed by atoms with E-state index in [2.05, 4.69) is 21.2 Å². The van der Waals surface area contributed by atoms with Gasteiger partial charge in [0.05, 0.1) is 17.1 Å². The fourth-order valence-corrected chi connectivity index (χ4v) is 2.08. The lowest BCUT2D eigenvalue weighted by Crippen LogP contribution is -2.22. The fraction of sp³-hybridized carbons (Fsp3) is 0.154. The van der Waals surface area contributed by atoms with Gasteiger partial charge in [0.25, 0.3) is 5.91 Å². The van der Waals surface area contributed by atoms with E-state index in [1.54, 1.807) is 18.2 Å². The number of hydrogen-bond acceptors (Lipinski definition) is 2. The second kappa shape index (κ2) is 5.59. The number of halogens is 2. The monoisotopic (exact) mass is 327 g/mol. The van der Waals surface area contributed by atoms with E-state index >= 15 is 0 Å². The zero-order valence-electron chi connectivity index (χ0n) is 9.67. The first-order valence-electron chi connectivity index (χ1n) is 5.35. The minimum absolute atomic E-state index is 0.227. The van der Waals surface area contributed by atoms with Crippen LogP contribution in [0.15, 0.2) is 39.2 Å². The second-order valence-corrected chi connectivity index (χ2v) is 5.14. The fourth-order valence-electron chi connectivity index (χ4n) is 1.51. The summed E-state index contributed by atoms with van der Waals surface area (Å²) in [6, 6.07) is 8.84. The Kier molecular flexibility index (Phi) is 4.09. The lowest BCUT2D eigenvalue weighted by atomic mass is 10.2. The van der Waals surface area contributed by atoms with Gasteiger partial charge in [0.15, 0.2) is 0 Å². The average molecular weight is 329 g/mol. The number of carbonyl (C=O) groups excluding carboxylic acids is 1. The Hall–Kier alpha value is -1.26. The van der Waals surface area contributed by atoms with Crippen LogP contribution in [0, 0.1) is 6.92 Å². The van der Waals surface area contributed by atoms with Gasteiger partial charge >= 0.3 is 0 Å². The molecule has 0 aliphatic rings. The molecule has 5 heteroatoms. The van der Waals surface area contributed by atoms with Crippen LogP contribution in [-0.4, -0.2) is 5.91 Å². The molecule has 3 nitrogen and oxygen atoms in total. The molecule has 18 heavy (non-hydrogen) atoms. The molecule has 1 aromatic heterocycles. The van der Waals surface area contributed by atoms with E-state index in [4.69, 9.17) is 16.0 Å². The molecule has 0 fully saturated rings. The number of rotatable bonds is 3. The standard InChI is InChI=1S/C13H11BrClNO2/c1-8-2-4-10(18-8)7-16-13(17)11-6-9(14)3-5-12(11)15/h2-6H,7H2,1H3,(H,16,17). The Morgan fingerprint density at radius 2 is 2.17 bits per heavy atom. The molecule has 0 atom stereocenters. The molecule has 0 bridgehead atoms. The van der Waals surface area contributed by atoms with Crippen molar-refractivity contribution in [2.45, 2.75) is 13.5 Å². The van der Waals surface area contributed by atoms with Gasteiger partial charge in [-0.05, 0) is 37.3 Å². The van der Waals surface area contributed by atoms with E-state index < -0.39 is 0 Å². The van der Waals surface area contributed by atoms with Crippen molar-refractivity contribution >= 4 is 33.4 Å². The van der Waals surface area contributed by atoms with Gasteiger partial charge in [-0.3, -0.25) is 4.79 Å². The predicted molar refractivity (Wildman–Crippen MR) is 73.8 cm³/mol. The van der Waals surface area contributed by atoms with Crippen molar-refractivity contribution in [1.82, 2.24) is 5.32 Å². The van der Waals surface area contributed by atoms with Crippen LogP contribution in [0.4, 0.5) is 0 Å². The summed E-state index contributed by atoms with van der Waals surface area (Å²) < 4.78 is 6.18. The largest absolute Gasteiger partial charge is 0.465 e. The Bertz CT molecular complexity index is 580. The van der Waals surface area contributed by atoms with E-state index in [9.17, 15) is 4.79 Å². The Morgan fingerprint density at radius 3 is 2.83 bits per heavy atom. The Balaban J connectivity index is 2.05. The smallest absolute Gasteiger partial charge is 0.253 e. The van der Waals surface area contributed by atoms with Gasteiger partial charge in [0.1, 0.15) is 11.5 Å². The molecule has 1 amide bonds. The van der Waals surface area contributed by atoms with Crippen LogP contribution in [0.2, 0.25) is 5.02 Å². The first-order chi connectivity index (χ1) is 8.56. The number of nitrogens with one attached hydrogen (secondary N) is 1. The van der Waals surface area contributed by atoms with Crippen molar-refractivity contribution in [2.24, 2.45) is 0 Å². The minimum Gasteiger partial charge on any atom is -0.465 e. The normalized spacial score (nSPS) is 10.4. The highest BCUT2D eigenvalue weighted by Gasteiger charge is 2.11. The summed E-state index contributed by atoms with van der Waals surface area (Å²) in [4.78, 5) is 11.9. The first-order valence-corrected chi connectivity index (χ1v) is 6.52. The lowest BCUT2D eigenvalue weighted by Gasteiger charge is -2.05. The molecule has 2 aromatic rings. The zero-order valence-corrected chi connectivity index (χ0v) is 12.0. The van der Waals surface area contributed by atoms with Crippen LogP contribution in [-0.2, 0) is 6.54 Å². The van der Waals surface area contributed by atoms with Crippen LogP contribution in [0.1, 0.15) is 21.9 Å². The number of benzene rings is 1. The van der Waals surface area contributed by atoms with Gasteiger partial charge in [0.2, 0.25) is 0 Å². The average Bonchev–Trinajstić information content (AvgIpc) is 2.75. The van der Waals surface area contributed by atoms with Gasteiger partial charge in [-0.1, -0.05) is 27.5 Å². The maximum atomic E-state index is 11.9. The van der Waals surface area contributed by atoms with Crippen LogP contribution < -0.4 is 5.32 Å². The quantitative estimate of drug-likeness (QED) is 0.927. The lowest BCUT2D eigenvalue weighted by molar-refractivity contribution is 0.0948. The molecule has 94 valence electrons. The van der Waals surface area contributed by atoms with E-state index in [0.717, 1.165) is 10.2 Å². The summed E-state index contributed by atoms with van der Waals surface area (Å²) in [6.45, 7) is 2.20. The molecule has 0 saturated heterocycles. The van der Waals surface area contributed by atoms with Gasteiger partial charge in [-0.15, -0.1) is 0 Å². The molecule has 0 unspecified atom stereocenters. The van der Waals surface area contributed by atoms with Crippen LogP contribution in [0.3, 0.4) is 0 Å². The summed E-state index contributed by atoms with van der Waals surface area (Å²) >= 11 is 9.28. The topological polar surface area (TPSA) is 42.2 Å². The predicted octanol–water partition coefficient (Wildman–Crippen LogP) is 3.93. The second-order valence-electron chi connectivity index (χ2n) is 3.82. The zero-order chi connectivity index (χ0) is 13.1. The molecule has 0 saturated carbocycles. The molecule has 0 spiro atoms. The molecule has 1 aromatic carbocycles. The van der Waals surface area contributed by atoms with Crippen LogP contribution in [0.5, 0.6) is 0 Å². The van der Waals surface area contributed by atoms with Crippen molar-refractivity contribution in [3.05, 3.63) is 56.9 Å². The number of furan rings is 1. The summed E-state index contributed by atoms with van der Waals surface area (Å²) in [5.41, 5.74) is 0.439. The summed E-state index contributed by atoms with van der Waals surface area (Å²) in [5, 5.41) is 3.18. The van der Waals surface area contributed by atoms with E-state index in [-0.39, 0.29) is 5.91 Å². The highest BCUT2D eigenvalue weighted by atomic mass is 79.9. The van der Waals surface area contributed by atoms with Crippen LogP contribution >= 0.6 is 27.5 Å². The van der Waals surface area contributed by atoms with Gasteiger partial charge in [-0.2, -0.15) is 0 Å². The Labute approximate surface area is 118 Å². The molecule has 2 rings (SSSR count). The number of aryl methyl sites for hydroxylation is 1. The maximum absolute atomic E-state index is 11.9. The van der Waals surface area contributed by atoms with Gasteiger partial charge in [0, 0.05) is 4.47 Å². The third kappa shape index (κ3) is 3.15.